The SMILES string of the molecule is CCCN(CCC)C(=O)CCC(=O)N1CC(C)OC(c2ccccc2)C1. The summed E-state index contributed by atoms with van der Waals surface area (Å²) >= 11 is 0. The van der Waals surface area contributed by atoms with Crippen LogP contribution in [0.3, 0.4) is 0 Å². The summed E-state index contributed by atoms with van der Waals surface area (Å²) in [6, 6.07) is 10.0. The van der Waals surface area contributed by atoms with Crippen LogP contribution in [0.25, 0.3) is 0 Å². The summed E-state index contributed by atoms with van der Waals surface area (Å²) in [5.74, 6) is 0.130. The molecule has 1 aromatic carbocycles. The van der Waals surface area contributed by atoms with Crippen molar-refractivity contribution in [1.29, 1.82) is 0 Å². The Morgan fingerprint density at radius 2 is 1.73 bits per heavy atom. The maximum atomic E-state index is 12.7. The highest BCUT2D eigenvalue weighted by molar-refractivity contribution is 5.84. The molecule has 0 saturated carbocycles. The van der Waals surface area contributed by atoms with E-state index in [1.807, 2.05) is 47.1 Å². The minimum absolute atomic E-state index is 0.00899. The fourth-order valence-electron chi connectivity index (χ4n) is 3.44. The molecule has 0 spiro atoms. The second kappa shape index (κ2) is 10.3. The number of hydrogen-bond donors (Lipinski definition) is 0. The van der Waals surface area contributed by atoms with Gasteiger partial charge in [0.05, 0.1) is 12.6 Å². The van der Waals surface area contributed by atoms with Crippen molar-refractivity contribution in [1.82, 2.24) is 9.80 Å². The minimum Gasteiger partial charge on any atom is -0.367 e. The lowest BCUT2D eigenvalue weighted by Crippen LogP contribution is -2.46. The number of morpholine rings is 1. The molecule has 2 unspecified atom stereocenters. The Bertz CT molecular complexity index is 570. The van der Waals surface area contributed by atoms with Gasteiger partial charge >= 0.3 is 0 Å². The molecule has 1 saturated heterocycles. The van der Waals surface area contributed by atoms with Gasteiger partial charge in [-0.3, -0.25) is 9.59 Å². The van der Waals surface area contributed by atoms with Crippen LogP contribution in [0.5, 0.6) is 0 Å². The van der Waals surface area contributed by atoms with Crippen molar-refractivity contribution >= 4 is 11.8 Å². The third kappa shape index (κ3) is 5.84. The number of carbonyl (C=O) groups is 2. The van der Waals surface area contributed by atoms with Crippen LogP contribution in [-0.4, -0.2) is 53.9 Å². The van der Waals surface area contributed by atoms with Crippen LogP contribution in [0.1, 0.15) is 58.1 Å². The average Bonchev–Trinajstić information content (AvgIpc) is 2.66. The number of rotatable bonds is 8. The minimum atomic E-state index is -0.101. The molecule has 2 rings (SSSR count). The summed E-state index contributed by atoms with van der Waals surface area (Å²) in [7, 11) is 0. The number of amides is 2. The Morgan fingerprint density at radius 3 is 2.35 bits per heavy atom. The van der Waals surface area contributed by atoms with E-state index in [0.717, 1.165) is 31.5 Å². The maximum absolute atomic E-state index is 12.7. The van der Waals surface area contributed by atoms with Gasteiger partial charge in [0.15, 0.2) is 0 Å². The lowest BCUT2D eigenvalue weighted by molar-refractivity contribution is -0.146. The van der Waals surface area contributed by atoms with Crippen LogP contribution in [0.4, 0.5) is 0 Å². The number of ether oxygens (including phenoxy) is 1. The van der Waals surface area contributed by atoms with Gasteiger partial charge in [-0.1, -0.05) is 44.2 Å². The van der Waals surface area contributed by atoms with Gasteiger partial charge in [0.25, 0.3) is 0 Å². The van der Waals surface area contributed by atoms with Crippen LogP contribution in [0.2, 0.25) is 0 Å². The molecule has 2 amide bonds. The molecular weight excluding hydrogens is 328 g/mol. The monoisotopic (exact) mass is 360 g/mol. The van der Waals surface area contributed by atoms with E-state index in [-0.39, 0.29) is 30.4 Å². The summed E-state index contributed by atoms with van der Waals surface area (Å²) in [5.41, 5.74) is 1.09. The van der Waals surface area contributed by atoms with Crippen molar-refractivity contribution in [2.24, 2.45) is 0 Å². The molecule has 0 N–H and O–H groups in total. The van der Waals surface area contributed by atoms with Gasteiger partial charge in [-0.25, -0.2) is 0 Å². The first-order valence-corrected chi connectivity index (χ1v) is 9.81. The Labute approximate surface area is 157 Å². The zero-order chi connectivity index (χ0) is 18.9. The van der Waals surface area contributed by atoms with E-state index >= 15 is 0 Å². The Balaban J connectivity index is 1.90. The van der Waals surface area contributed by atoms with Gasteiger partial charge in [0, 0.05) is 32.5 Å². The average molecular weight is 360 g/mol. The Hall–Kier alpha value is -1.88. The lowest BCUT2D eigenvalue weighted by atomic mass is 10.1. The van der Waals surface area contributed by atoms with Crippen molar-refractivity contribution in [3.05, 3.63) is 35.9 Å². The first-order valence-electron chi connectivity index (χ1n) is 9.81. The molecule has 26 heavy (non-hydrogen) atoms. The molecule has 1 aliphatic heterocycles. The lowest BCUT2D eigenvalue weighted by Gasteiger charge is -2.37. The quantitative estimate of drug-likeness (QED) is 0.714. The molecule has 5 heteroatoms. The molecule has 0 aliphatic carbocycles. The van der Waals surface area contributed by atoms with Crippen LogP contribution in [-0.2, 0) is 14.3 Å². The van der Waals surface area contributed by atoms with E-state index in [2.05, 4.69) is 13.8 Å². The largest absolute Gasteiger partial charge is 0.367 e. The van der Waals surface area contributed by atoms with E-state index in [0.29, 0.717) is 19.5 Å². The van der Waals surface area contributed by atoms with E-state index in [1.165, 1.54) is 0 Å². The molecule has 1 fully saturated rings. The molecule has 5 nitrogen and oxygen atoms in total. The fraction of sp³-hybridized carbons (Fsp3) is 0.619. The normalized spacial score (nSPS) is 20.0. The van der Waals surface area contributed by atoms with Gasteiger partial charge in [-0.15, -0.1) is 0 Å². The highest BCUT2D eigenvalue weighted by Crippen LogP contribution is 2.25. The van der Waals surface area contributed by atoms with Gasteiger partial charge < -0.3 is 14.5 Å². The number of carbonyl (C=O) groups excluding carboxylic acids is 2. The van der Waals surface area contributed by atoms with Gasteiger partial charge in [-0.05, 0) is 25.3 Å². The smallest absolute Gasteiger partial charge is 0.223 e. The second-order valence-electron chi connectivity index (χ2n) is 7.03. The van der Waals surface area contributed by atoms with Gasteiger partial charge in [0.1, 0.15) is 6.10 Å². The first kappa shape index (κ1) is 20.4. The molecule has 2 atom stereocenters. The van der Waals surface area contributed by atoms with E-state index in [4.69, 9.17) is 4.74 Å². The first-order chi connectivity index (χ1) is 12.5. The van der Waals surface area contributed by atoms with Crippen LogP contribution in [0, 0.1) is 0 Å². The van der Waals surface area contributed by atoms with Crippen LogP contribution in [0.15, 0.2) is 30.3 Å². The number of nitrogens with zero attached hydrogens (tertiary/aromatic N) is 2. The Kier molecular flexibility index (Phi) is 8.10. The van der Waals surface area contributed by atoms with Crippen LogP contribution < -0.4 is 0 Å². The summed E-state index contributed by atoms with van der Waals surface area (Å²) in [6.45, 7) is 8.81. The zero-order valence-corrected chi connectivity index (χ0v) is 16.3. The molecule has 1 heterocycles. The molecule has 1 aliphatic rings. The summed E-state index contributed by atoms with van der Waals surface area (Å²) in [4.78, 5) is 28.8. The third-order valence-electron chi connectivity index (χ3n) is 4.68. The van der Waals surface area contributed by atoms with E-state index < -0.39 is 0 Å². The molecule has 0 radical (unpaired) electrons. The number of hydrogen-bond acceptors (Lipinski definition) is 3. The van der Waals surface area contributed by atoms with Crippen molar-refractivity contribution in [3.63, 3.8) is 0 Å². The predicted molar refractivity (Wildman–Crippen MR) is 103 cm³/mol. The molecule has 0 aromatic heterocycles. The maximum Gasteiger partial charge on any atom is 0.223 e. The summed E-state index contributed by atoms with van der Waals surface area (Å²) < 4.78 is 6.01. The summed E-state index contributed by atoms with van der Waals surface area (Å²) in [6.07, 6.45) is 2.35. The zero-order valence-electron chi connectivity index (χ0n) is 16.3. The molecular formula is C21H32N2O3. The van der Waals surface area contributed by atoms with E-state index in [1.54, 1.807) is 0 Å². The van der Waals surface area contributed by atoms with Crippen molar-refractivity contribution in [2.75, 3.05) is 26.2 Å². The fourth-order valence-corrected chi connectivity index (χ4v) is 3.44. The standard InChI is InChI=1S/C21H32N2O3/c1-4-13-22(14-5-2)20(24)11-12-21(25)23-15-17(3)26-19(16-23)18-9-7-6-8-10-18/h6-10,17,19H,4-5,11-16H2,1-3H3. The van der Waals surface area contributed by atoms with Crippen molar-refractivity contribution < 1.29 is 14.3 Å². The second-order valence-corrected chi connectivity index (χ2v) is 7.03. The highest BCUT2D eigenvalue weighted by atomic mass is 16.5. The van der Waals surface area contributed by atoms with Crippen molar-refractivity contribution in [2.45, 2.75) is 58.7 Å². The third-order valence-corrected chi connectivity index (χ3v) is 4.68. The molecule has 144 valence electrons. The highest BCUT2D eigenvalue weighted by Gasteiger charge is 2.29. The topological polar surface area (TPSA) is 49.9 Å². The van der Waals surface area contributed by atoms with Gasteiger partial charge in [0.2, 0.25) is 11.8 Å². The van der Waals surface area contributed by atoms with Crippen LogP contribution >= 0.6 is 0 Å². The number of benzene rings is 1. The van der Waals surface area contributed by atoms with Crippen molar-refractivity contribution in [3.8, 4) is 0 Å². The van der Waals surface area contributed by atoms with E-state index in [9.17, 15) is 9.59 Å². The summed E-state index contributed by atoms with van der Waals surface area (Å²) in [5, 5.41) is 0. The molecule has 0 bridgehead atoms. The predicted octanol–water partition coefficient (Wildman–Crippen LogP) is 3.40. The molecule has 1 aromatic rings. The van der Waals surface area contributed by atoms with Gasteiger partial charge in [-0.2, -0.15) is 0 Å². The Morgan fingerprint density at radius 1 is 1.08 bits per heavy atom.